The Balaban J connectivity index is 2.58. The summed E-state index contributed by atoms with van der Waals surface area (Å²) in [6, 6.07) is 6.77. The molecule has 2 aromatic carbocycles. The highest BCUT2D eigenvalue weighted by Crippen LogP contribution is 2.24. The van der Waals surface area contributed by atoms with Gasteiger partial charge in [-0.15, -0.1) is 0 Å². The van der Waals surface area contributed by atoms with Crippen molar-refractivity contribution in [3.05, 3.63) is 60.2 Å². The van der Waals surface area contributed by atoms with Crippen molar-refractivity contribution < 1.29 is 25.6 Å². The molecule has 0 aliphatic heterocycles. The van der Waals surface area contributed by atoms with E-state index in [9.17, 15) is 25.6 Å². The smallest absolute Gasteiger partial charge is 0.207 e. The van der Waals surface area contributed by atoms with Gasteiger partial charge in [-0.2, -0.15) is 0 Å². The predicted molar refractivity (Wildman–Crippen MR) is 67.2 cm³/mol. The summed E-state index contributed by atoms with van der Waals surface area (Å²) >= 11 is 0. The van der Waals surface area contributed by atoms with E-state index in [1.165, 1.54) is 0 Å². The molecule has 0 saturated carbocycles. The standard InChI is InChI=1S/C12H8F2O4S2/c13-9-1-5-11(6-2-9)19(15,16)20(17,18)12-7-3-10(14)4-8-12/h1-8H. The minimum absolute atomic E-state index is 0.553. The minimum atomic E-state index is -4.74. The number of hydrogen-bond acceptors (Lipinski definition) is 4. The summed E-state index contributed by atoms with van der Waals surface area (Å²) < 4.78 is 73.7. The molecule has 8 heteroatoms. The highest BCUT2D eigenvalue weighted by molar-refractivity contribution is 8.67. The van der Waals surface area contributed by atoms with E-state index >= 15 is 0 Å². The van der Waals surface area contributed by atoms with Crippen molar-refractivity contribution in [1.82, 2.24) is 0 Å². The molecule has 0 aliphatic carbocycles. The molecule has 4 nitrogen and oxygen atoms in total. The molecule has 0 aromatic heterocycles. The van der Waals surface area contributed by atoms with Crippen molar-refractivity contribution in [2.75, 3.05) is 0 Å². The molecule has 0 spiro atoms. The van der Waals surface area contributed by atoms with Crippen LogP contribution in [-0.2, 0) is 17.7 Å². The molecule has 0 fully saturated rings. The minimum Gasteiger partial charge on any atom is -0.207 e. The lowest BCUT2D eigenvalue weighted by molar-refractivity contribution is 0.581. The summed E-state index contributed by atoms with van der Waals surface area (Å²) in [7, 11) is -9.48. The van der Waals surface area contributed by atoms with Gasteiger partial charge in [0.2, 0.25) is 0 Å². The maximum Gasteiger partial charge on any atom is 0.286 e. The van der Waals surface area contributed by atoms with Gasteiger partial charge in [-0.25, -0.2) is 25.6 Å². The molecule has 2 aromatic rings. The lowest BCUT2D eigenvalue weighted by Crippen LogP contribution is -2.16. The van der Waals surface area contributed by atoms with Gasteiger partial charge < -0.3 is 0 Å². The van der Waals surface area contributed by atoms with E-state index in [-0.39, 0.29) is 0 Å². The first-order chi connectivity index (χ1) is 9.25. The second-order valence-corrected chi connectivity index (χ2v) is 9.21. The molecule has 2 rings (SSSR count). The fraction of sp³-hybridized carbons (Fsp3) is 0. The first-order valence-electron chi connectivity index (χ1n) is 5.26. The number of benzene rings is 2. The maximum absolute atomic E-state index is 12.8. The number of rotatable bonds is 3. The topological polar surface area (TPSA) is 68.3 Å². The molecule has 0 atom stereocenters. The Morgan fingerprint density at radius 2 is 0.800 bits per heavy atom. The van der Waals surface area contributed by atoms with Crippen LogP contribution in [0, 0.1) is 11.6 Å². The molecule has 0 unspecified atom stereocenters. The van der Waals surface area contributed by atoms with Crippen LogP contribution < -0.4 is 0 Å². The SMILES string of the molecule is O=S(=O)(c1ccc(F)cc1)S(=O)(=O)c1ccc(F)cc1. The summed E-state index contributed by atoms with van der Waals surface area (Å²) in [5, 5.41) is 0. The Morgan fingerprint density at radius 3 is 1.05 bits per heavy atom. The normalized spacial score (nSPS) is 12.3. The summed E-state index contributed by atoms with van der Waals surface area (Å²) in [4.78, 5) is -1.11. The zero-order valence-electron chi connectivity index (χ0n) is 9.82. The van der Waals surface area contributed by atoms with Crippen molar-refractivity contribution in [2.24, 2.45) is 0 Å². The Bertz CT molecular complexity index is 751. The van der Waals surface area contributed by atoms with Gasteiger partial charge in [-0.3, -0.25) is 0 Å². The number of halogens is 2. The van der Waals surface area contributed by atoms with E-state index in [2.05, 4.69) is 0 Å². The first kappa shape index (κ1) is 14.6. The van der Waals surface area contributed by atoms with Crippen LogP contribution in [0.3, 0.4) is 0 Å². The van der Waals surface area contributed by atoms with Crippen molar-refractivity contribution >= 4 is 17.7 Å². The monoisotopic (exact) mass is 318 g/mol. The van der Waals surface area contributed by atoms with Crippen molar-refractivity contribution in [2.45, 2.75) is 9.79 Å². The van der Waals surface area contributed by atoms with Crippen LogP contribution in [0.1, 0.15) is 0 Å². The van der Waals surface area contributed by atoms with Gasteiger partial charge >= 0.3 is 0 Å². The molecule has 0 radical (unpaired) electrons. The van der Waals surface area contributed by atoms with Crippen molar-refractivity contribution in [1.29, 1.82) is 0 Å². The third kappa shape index (κ3) is 2.44. The van der Waals surface area contributed by atoms with Crippen molar-refractivity contribution in [3.8, 4) is 0 Å². The van der Waals surface area contributed by atoms with Gasteiger partial charge in [-0.05, 0) is 48.5 Å². The van der Waals surface area contributed by atoms with E-state index in [1.54, 1.807) is 0 Å². The number of hydrogen-bond donors (Lipinski definition) is 0. The van der Waals surface area contributed by atoms with Crippen LogP contribution in [0.2, 0.25) is 0 Å². The Hall–Kier alpha value is -1.80. The molecule has 0 aliphatic rings. The Labute approximate surface area is 113 Å². The van der Waals surface area contributed by atoms with Gasteiger partial charge in [0.15, 0.2) is 0 Å². The molecule has 0 N–H and O–H groups in total. The Morgan fingerprint density at radius 1 is 0.550 bits per heavy atom. The molecular weight excluding hydrogens is 310 g/mol. The molecule has 106 valence electrons. The lowest BCUT2D eigenvalue weighted by Gasteiger charge is -2.06. The quantitative estimate of drug-likeness (QED) is 0.813. The van der Waals surface area contributed by atoms with E-state index in [0.29, 0.717) is 0 Å². The second-order valence-electron chi connectivity index (χ2n) is 3.82. The van der Waals surface area contributed by atoms with Crippen molar-refractivity contribution in [3.63, 3.8) is 0 Å². The molecular formula is C12H8F2O4S2. The predicted octanol–water partition coefficient (Wildman–Crippen LogP) is 2.13. The van der Waals surface area contributed by atoms with Crippen LogP contribution >= 0.6 is 0 Å². The van der Waals surface area contributed by atoms with Crippen LogP contribution in [0.25, 0.3) is 0 Å². The average molecular weight is 318 g/mol. The highest BCUT2D eigenvalue weighted by atomic mass is 33.2. The third-order valence-electron chi connectivity index (χ3n) is 2.49. The Kier molecular flexibility index (Phi) is 3.61. The maximum atomic E-state index is 12.8. The van der Waals surface area contributed by atoms with Gasteiger partial charge in [0, 0.05) is 0 Å². The average Bonchev–Trinajstić information content (AvgIpc) is 2.39. The third-order valence-corrected chi connectivity index (χ3v) is 7.66. The first-order valence-corrected chi connectivity index (χ1v) is 8.75. The largest absolute Gasteiger partial charge is 0.286 e. The zero-order valence-corrected chi connectivity index (χ0v) is 11.5. The molecule has 20 heavy (non-hydrogen) atoms. The second kappa shape index (κ2) is 4.95. The fourth-order valence-corrected chi connectivity index (χ4v) is 5.09. The van der Waals surface area contributed by atoms with Crippen LogP contribution in [-0.4, -0.2) is 16.8 Å². The molecule has 0 saturated heterocycles. The van der Waals surface area contributed by atoms with Gasteiger partial charge in [-0.1, -0.05) is 0 Å². The van der Waals surface area contributed by atoms with E-state index < -0.39 is 39.2 Å². The van der Waals surface area contributed by atoms with E-state index in [0.717, 1.165) is 48.5 Å². The van der Waals surface area contributed by atoms with Crippen LogP contribution in [0.4, 0.5) is 8.78 Å². The summed E-state index contributed by atoms with van der Waals surface area (Å²) in [5.74, 6) is -1.38. The molecule has 0 bridgehead atoms. The molecule has 0 amide bonds. The summed E-state index contributed by atoms with van der Waals surface area (Å²) in [5.41, 5.74) is 0. The van der Waals surface area contributed by atoms with E-state index in [4.69, 9.17) is 0 Å². The molecule has 0 heterocycles. The van der Waals surface area contributed by atoms with Gasteiger partial charge in [0.25, 0.3) is 17.7 Å². The van der Waals surface area contributed by atoms with E-state index in [1.807, 2.05) is 0 Å². The van der Waals surface area contributed by atoms with Crippen LogP contribution in [0.15, 0.2) is 58.3 Å². The lowest BCUT2D eigenvalue weighted by atomic mass is 10.4. The fourth-order valence-electron chi connectivity index (χ4n) is 1.46. The summed E-state index contributed by atoms with van der Waals surface area (Å²) in [6.07, 6.45) is 0. The van der Waals surface area contributed by atoms with Gasteiger partial charge in [0.1, 0.15) is 11.6 Å². The summed E-state index contributed by atoms with van der Waals surface area (Å²) in [6.45, 7) is 0. The highest BCUT2D eigenvalue weighted by Gasteiger charge is 2.33. The zero-order chi connectivity index (χ0) is 15.0. The van der Waals surface area contributed by atoms with Gasteiger partial charge in [0.05, 0.1) is 9.79 Å². The van der Waals surface area contributed by atoms with Crippen LogP contribution in [0.5, 0.6) is 0 Å².